The lowest BCUT2D eigenvalue weighted by molar-refractivity contribution is 0.112. The standard InChI is InChI=1S/C22H16O2/c1-24-20-13-12-15-6-2-3-10-18(15)22(20)19-11-5-8-16-7-4-9-17(14-23)21(16)19/h2-14H,1H3. The van der Waals surface area contributed by atoms with E-state index in [1.165, 1.54) is 0 Å². The first-order valence-corrected chi connectivity index (χ1v) is 7.86. The monoisotopic (exact) mass is 312 g/mol. The Morgan fingerprint density at radius 1 is 0.792 bits per heavy atom. The van der Waals surface area contributed by atoms with Crippen molar-refractivity contribution in [3.63, 3.8) is 0 Å². The first-order chi connectivity index (χ1) is 11.8. The van der Waals surface area contributed by atoms with Crippen LogP contribution in [-0.4, -0.2) is 13.4 Å². The number of hydrogen-bond donors (Lipinski definition) is 0. The average molecular weight is 312 g/mol. The maximum atomic E-state index is 11.6. The molecule has 0 aromatic heterocycles. The number of benzene rings is 4. The number of carbonyl (C=O) groups excluding carboxylic acids is 1. The van der Waals surface area contributed by atoms with Crippen LogP contribution in [0.5, 0.6) is 5.75 Å². The van der Waals surface area contributed by atoms with Crippen LogP contribution < -0.4 is 4.74 Å². The predicted octanol–water partition coefficient (Wildman–Crippen LogP) is 5.48. The molecular formula is C22H16O2. The molecule has 0 heterocycles. The molecule has 0 N–H and O–H groups in total. The van der Waals surface area contributed by atoms with Gasteiger partial charge in [-0.25, -0.2) is 0 Å². The van der Waals surface area contributed by atoms with Gasteiger partial charge in [-0.3, -0.25) is 4.79 Å². The lowest BCUT2D eigenvalue weighted by Crippen LogP contribution is -1.93. The second kappa shape index (κ2) is 5.82. The second-order valence-corrected chi connectivity index (χ2v) is 5.73. The molecular weight excluding hydrogens is 296 g/mol. The fourth-order valence-electron chi connectivity index (χ4n) is 3.38. The summed E-state index contributed by atoms with van der Waals surface area (Å²) in [7, 11) is 1.68. The zero-order valence-electron chi connectivity index (χ0n) is 13.3. The van der Waals surface area contributed by atoms with Crippen molar-refractivity contribution in [2.24, 2.45) is 0 Å². The molecule has 0 saturated carbocycles. The summed E-state index contributed by atoms with van der Waals surface area (Å²) < 4.78 is 5.64. The van der Waals surface area contributed by atoms with Gasteiger partial charge in [0.1, 0.15) is 5.75 Å². The van der Waals surface area contributed by atoms with E-state index in [1.54, 1.807) is 7.11 Å². The molecule has 0 atom stereocenters. The number of methoxy groups -OCH3 is 1. The van der Waals surface area contributed by atoms with E-state index in [2.05, 4.69) is 24.3 Å². The highest BCUT2D eigenvalue weighted by Gasteiger charge is 2.15. The van der Waals surface area contributed by atoms with Crippen molar-refractivity contribution in [2.75, 3.05) is 7.11 Å². The first-order valence-electron chi connectivity index (χ1n) is 7.86. The van der Waals surface area contributed by atoms with Gasteiger partial charge < -0.3 is 4.74 Å². The van der Waals surface area contributed by atoms with Crippen LogP contribution in [0.4, 0.5) is 0 Å². The maximum Gasteiger partial charge on any atom is 0.150 e. The van der Waals surface area contributed by atoms with Crippen LogP contribution in [0.3, 0.4) is 0 Å². The summed E-state index contributed by atoms with van der Waals surface area (Å²) >= 11 is 0. The van der Waals surface area contributed by atoms with Gasteiger partial charge in [0.2, 0.25) is 0 Å². The van der Waals surface area contributed by atoms with Crippen molar-refractivity contribution in [3.8, 4) is 16.9 Å². The van der Waals surface area contributed by atoms with Gasteiger partial charge in [-0.1, -0.05) is 66.7 Å². The number of rotatable bonds is 3. The molecule has 116 valence electrons. The van der Waals surface area contributed by atoms with Gasteiger partial charge in [0.25, 0.3) is 0 Å². The quantitative estimate of drug-likeness (QED) is 0.468. The van der Waals surface area contributed by atoms with Gasteiger partial charge in [0, 0.05) is 16.5 Å². The van der Waals surface area contributed by atoms with E-state index in [9.17, 15) is 4.79 Å². The Bertz CT molecular complexity index is 1060. The molecule has 0 fully saturated rings. The Morgan fingerprint density at radius 3 is 2.33 bits per heavy atom. The summed E-state index contributed by atoms with van der Waals surface area (Å²) in [6.07, 6.45) is 0.920. The largest absolute Gasteiger partial charge is 0.496 e. The number of ether oxygens (including phenoxy) is 1. The minimum absolute atomic E-state index is 0.693. The van der Waals surface area contributed by atoms with Crippen molar-refractivity contribution >= 4 is 27.8 Å². The van der Waals surface area contributed by atoms with E-state index in [4.69, 9.17) is 4.74 Å². The molecule has 0 aliphatic carbocycles. The van der Waals surface area contributed by atoms with Crippen LogP contribution in [0.2, 0.25) is 0 Å². The van der Waals surface area contributed by atoms with E-state index in [0.29, 0.717) is 5.56 Å². The van der Waals surface area contributed by atoms with Crippen LogP contribution in [0.15, 0.2) is 72.8 Å². The lowest BCUT2D eigenvalue weighted by atomic mass is 9.91. The number of carbonyl (C=O) groups is 1. The van der Waals surface area contributed by atoms with Crippen LogP contribution >= 0.6 is 0 Å². The predicted molar refractivity (Wildman–Crippen MR) is 98.8 cm³/mol. The second-order valence-electron chi connectivity index (χ2n) is 5.73. The molecule has 24 heavy (non-hydrogen) atoms. The molecule has 0 radical (unpaired) electrons. The molecule has 4 rings (SSSR count). The Labute approximate surface area is 140 Å². The Kier molecular flexibility index (Phi) is 3.51. The lowest BCUT2D eigenvalue weighted by Gasteiger charge is -2.15. The third kappa shape index (κ3) is 2.16. The smallest absolute Gasteiger partial charge is 0.150 e. The van der Waals surface area contributed by atoms with Crippen molar-refractivity contribution in [1.82, 2.24) is 0 Å². The average Bonchev–Trinajstić information content (AvgIpc) is 2.66. The van der Waals surface area contributed by atoms with E-state index in [1.807, 2.05) is 48.5 Å². The van der Waals surface area contributed by atoms with Gasteiger partial charge in [-0.2, -0.15) is 0 Å². The van der Waals surface area contributed by atoms with Gasteiger partial charge >= 0.3 is 0 Å². The van der Waals surface area contributed by atoms with Gasteiger partial charge in [-0.15, -0.1) is 0 Å². The molecule has 0 amide bonds. The minimum Gasteiger partial charge on any atom is -0.496 e. The van der Waals surface area contributed by atoms with Crippen molar-refractivity contribution in [1.29, 1.82) is 0 Å². The number of aldehydes is 1. The highest BCUT2D eigenvalue weighted by Crippen LogP contribution is 2.41. The van der Waals surface area contributed by atoms with Crippen LogP contribution in [-0.2, 0) is 0 Å². The Balaban J connectivity index is 2.20. The van der Waals surface area contributed by atoms with Crippen LogP contribution in [0.25, 0.3) is 32.7 Å². The number of hydrogen-bond acceptors (Lipinski definition) is 2. The molecule has 0 unspecified atom stereocenters. The Morgan fingerprint density at radius 2 is 1.54 bits per heavy atom. The maximum absolute atomic E-state index is 11.6. The third-order valence-corrected chi connectivity index (χ3v) is 4.44. The molecule has 0 aliphatic rings. The Hall–Kier alpha value is -3.13. The first kappa shape index (κ1) is 14.5. The highest BCUT2D eigenvalue weighted by molar-refractivity contribution is 6.12. The molecule has 4 aromatic carbocycles. The molecule has 2 heteroatoms. The molecule has 0 bridgehead atoms. The van der Waals surface area contributed by atoms with Crippen molar-refractivity contribution in [2.45, 2.75) is 0 Å². The SMILES string of the molecule is COc1ccc2ccccc2c1-c1cccc2cccc(C=O)c12. The topological polar surface area (TPSA) is 26.3 Å². The van der Waals surface area contributed by atoms with E-state index in [-0.39, 0.29) is 0 Å². The summed E-state index contributed by atoms with van der Waals surface area (Å²) in [5, 5.41) is 4.27. The summed E-state index contributed by atoms with van der Waals surface area (Å²) in [5.41, 5.74) is 2.73. The van der Waals surface area contributed by atoms with Gasteiger partial charge in [-0.05, 0) is 27.8 Å². The molecule has 2 nitrogen and oxygen atoms in total. The van der Waals surface area contributed by atoms with E-state index < -0.39 is 0 Å². The van der Waals surface area contributed by atoms with E-state index >= 15 is 0 Å². The van der Waals surface area contributed by atoms with Crippen LogP contribution in [0, 0.1) is 0 Å². The molecule has 0 saturated heterocycles. The minimum atomic E-state index is 0.693. The van der Waals surface area contributed by atoms with Gasteiger partial charge in [0.05, 0.1) is 7.11 Å². The van der Waals surface area contributed by atoms with Gasteiger partial charge in [0.15, 0.2) is 6.29 Å². The molecule has 0 aliphatic heterocycles. The fourth-order valence-corrected chi connectivity index (χ4v) is 3.38. The number of fused-ring (bicyclic) bond motifs is 2. The van der Waals surface area contributed by atoms with Crippen molar-refractivity contribution < 1.29 is 9.53 Å². The zero-order valence-corrected chi connectivity index (χ0v) is 13.3. The summed E-state index contributed by atoms with van der Waals surface area (Å²) in [6.45, 7) is 0. The molecule has 4 aromatic rings. The summed E-state index contributed by atoms with van der Waals surface area (Å²) in [4.78, 5) is 11.6. The normalized spacial score (nSPS) is 10.9. The van der Waals surface area contributed by atoms with Crippen molar-refractivity contribution in [3.05, 3.63) is 78.4 Å². The zero-order chi connectivity index (χ0) is 16.5. The van der Waals surface area contributed by atoms with Crippen LogP contribution in [0.1, 0.15) is 10.4 Å². The highest BCUT2D eigenvalue weighted by atomic mass is 16.5. The summed E-state index contributed by atoms with van der Waals surface area (Å²) in [5.74, 6) is 0.807. The van der Waals surface area contributed by atoms with E-state index in [0.717, 1.165) is 44.7 Å². The summed E-state index contributed by atoms with van der Waals surface area (Å²) in [6, 6.07) is 24.2. The fraction of sp³-hybridized carbons (Fsp3) is 0.0455. The molecule has 0 spiro atoms. The third-order valence-electron chi connectivity index (χ3n) is 4.44.